The quantitative estimate of drug-likeness (QED) is 0.598. The first-order valence-corrected chi connectivity index (χ1v) is 10.6. The maximum Gasteiger partial charge on any atom is 0.166 e. The van der Waals surface area contributed by atoms with Gasteiger partial charge >= 0.3 is 0 Å². The maximum absolute atomic E-state index is 13.7. The predicted molar refractivity (Wildman–Crippen MR) is 99.3 cm³/mol. The second-order valence-electron chi connectivity index (χ2n) is 5.37. The summed E-state index contributed by atoms with van der Waals surface area (Å²) in [6, 6.07) is 23.6. The van der Waals surface area contributed by atoms with E-state index in [-0.39, 0.29) is 5.69 Å². The summed E-state index contributed by atoms with van der Waals surface area (Å²) in [7, 11) is -4.25. The van der Waals surface area contributed by atoms with Gasteiger partial charge in [0.2, 0.25) is 0 Å². The van der Waals surface area contributed by atoms with Gasteiger partial charge in [0.1, 0.15) is 5.82 Å². The van der Waals surface area contributed by atoms with Crippen LogP contribution in [0.15, 0.2) is 93.5 Å². The largest absolute Gasteiger partial charge is 0.573 e. The van der Waals surface area contributed by atoms with E-state index in [0.29, 0.717) is 4.90 Å². The first-order valence-electron chi connectivity index (χ1n) is 7.51. The van der Waals surface area contributed by atoms with Crippen molar-refractivity contribution in [3.63, 3.8) is 0 Å². The smallest absolute Gasteiger partial charge is 0.166 e. The van der Waals surface area contributed by atoms with Crippen LogP contribution in [0, 0.1) is 5.82 Å². The molecule has 0 aromatic heterocycles. The minimum Gasteiger partial charge on any atom is -0.573 e. The average molecular weight is 373 g/mol. The highest BCUT2D eigenvalue weighted by Gasteiger charge is 2.29. The lowest BCUT2D eigenvalue weighted by atomic mass is 10.3. The molecule has 0 aliphatic rings. The van der Waals surface area contributed by atoms with Crippen molar-refractivity contribution >= 4 is 26.6 Å². The Morgan fingerprint density at radius 3 is 1.84 bits per heavy atom. The molecule has 25 heavy (non-hydrogen) atoms. The van der Waals surface area contributed by atoms with Crippen LogP contribution < -0.4 is 0 Å². The van der Waals surface area contributed by atoms with Crippen molar-refractivity contribution < 1.29 is 12.8 Å². The number of halogens is 1. The van der Waals surface area contributed by atoms with Crippen LogP contribution in [0.2, 0.25) is 0 Å². The van der Waals surface area contributed by atoms with Crippen LogP contribution in [0.5, 0.6) is 0 Å². The molecule has 3 rings (SSSR count). The third kappa shape index (κ3) is 4.41. The normalized spacial score (nSPS) is 11.5. The van der Waals surface area contributed by atoms with Crippen molar-refractivity contribution in [1.82, 2.24) is 0 Å². The lowest BCUT2D eigenvalue weighted by Crippen LogP contribution is -2.06. The van der Waals surface area contributed by atoms with E-state index in [0.717, 1.165) is 16.0 Å². The fraction of sp³-hybridized carbons (Fsp3) is 0.0526. The molecule has 0 amide bonds. The van der Waals surface area contributed by atoms with E-state index in [9.17, 15) is 12.8 Å². The van der Waals surface area contributed by atoms with E-state index in [2.05, 4.69) is 4.72 Å². The summed E-state index contributed by atoms with van der Waals surface area (Å²) in [5.74, 6) is -0.518. The van der Waals surface area contributed by atoms with Crippen LogP contribution in [0.4, 0.5) is 10.1 Å². The zero-order valence-electron chi connectivity index (χ0n) is 13.5. The molecule has 0 unspecified atom stereocenters. The van der Waals surface area contributed by atoms with Gasteiger partial charge in [0, 0.05) is 6.26 Å². The third-order valence-corrected chi connectivity index (χ3v) is 6.16. The molecular weight excluding hydrogens is 357 g/mol. The van der Waals surface area contributed by atoms with Crippen molar-refractivity contribution in [3.05, 3.63) is 89.4 Å². The fourth-order valence-electron chi connectivity index (χ4n) is 2.42. The predicted octanol–water partition coefficient (Wildman–Crippen LogP) is 4.89. The fourth-order valence-corrected chi connectivity index (χ4v) is 5.14. The second kappa shape index (κ2) is 7.29. The minimum absolute atomic E-state index is 0.138. The summed E-state index contributed by atoms with van der Waals surface area (Å²) >= 11 is 0. The van der Waals surface area contributed by atoms with Crippen molar-refractivity contribution in [3.8, 4) is 0 Å². The number of benzene rings is 3. The van der Waals surface area contributed by atoms with Gasteiger partial charge in [-0.2, -0.15) is 0 Å². The summed E-state index contributed by atoms with van der Waals surface area (Å²) in [5.41, 5.74) is 0.138. The van der Waals surface area contributed by atoms with Crippen LogP contribution in [-0.4, -0.2) is 14.7 Å². The molecule has 0 atom stereocenters. The molecule has 128 valence electrons. The molecule has 0 saturated heterocycles. The van der Waals surface area contributed by atoms with E-state index < -0.39 is 26.7 Å². The van der Waals surface area contributed by atoms with E-state index in [1.165, 1.54) is 12.1 Å². The Bertz CT molecular complexity index is 922. The topological polar surface area (TPSA) is 48.2 Å². The molecule has 0 heterocycles. The third-order valence-electron chi connectivity index (χ3n) is 3.36. The Kier molecular flexibility index (Phi) is 5.11. The van der Waals surface area contributed by atoms with Crippen molar-refractivity contribution in [1.29, 1.82) is 0 Å². The van der Waals surface area contributed by atoms with Crippen LogP contribution >= 0.6 is 0 Å². The van der Waals surface area contributed by atoms with Gasteiger partial charge in [0.05, 0.1) is 20.9 Å². The molecule has 3 nitrogen and oxygen atoms in total. The van der Waals surface area contributed by atoms with Gasteiger partial charge in [0.25, 0.3) is 0 Å². The lowest BCUT2D eigenvalue weighted by Gasteiger charge is -2.22. The molecule has 0 N–H and O–H groups in total. The summed E-state index contributed by atoms with van der Waals surface area (Å²) in [4.78, 5) is 2.68. The highest BCUT2D eigenvalue weighted by molar-refractivity contribution is 7.97. The maximum atomic E-state index is 13.7. The van der Waals surface area contributed by atoms with E-state index in [4.69, 9.17) is 0 Å². The number of nitrogens with zero attached hydrogens (tertiary/aromatic N) is 1. The Balaban J connectivity index is 2.21. The second-order valence-corrected chi connectivity index (χ2v) is 9.01. The zero-order valence-corrected chi connectivity index (χ0v) is 15.1. The molecule has 0 radical (unpaired) electrons. The number of hydrogen-bond donors (Lipinski definition) is 0. The van der Waals surface area contributed by atoms with Gasteiger partial charge in [-0.25, -0.2) is 12.8 Å². The number of sulfonamides is 1. The number of hydrogen-bond acceptors (Lipinski definition) is 2. The Morgan fingerprint density at radius 2 is 1.36 bits per heavy atom. The van der Waals surface area contributed by atoms with E-state index >= 15 is 0 Å². The summed E-state index contributed by atoms with van der Waals surface area (Å²) in [6.45, 7) is 0. The molecule has 3 aromatic rings. The zero-order chi connectivity index (χ0) is 17.9. The molecule has 0 aliphatic carbocycles. The highest BCUT2D eigenvalue weighted by Crippen LogP contribution is 2.39. The molecule has 0 aliphatic heterocycles. The highest BCUT2D eigenvalue weighted by atomic mass is 32.2. The Labute approximate surface area is 149 Å². The van der Waals surface area contributed by atoms with Gasteiger partial charge in [-0.05, 0) is 42.5 Å². The van der Waals surface area contributed by atoms with E-state index in [1.54, 1.807) is 6.07 Å². The minimum atomic E-state index is -3.65. The van der Waals surface area contributed by atoms with Gasteiger partial charge in [-0.15, -0.1) is 0 Å². The molecule has 0 bridgehead atoms. The van der Waals surface area contributed by atoms with Gasteiger partial charge in [-0.1, -0.05) is 42.1 Å². The first-order chi connectivity index (χ1) is 11.9. The van der Waals surface area contributed by atoms with Crippen LogP contribution in [0.1, 0.15) is 0 Å². The Hall–Kier alpha value is -2.31. The molecule has 0 fully saturated rings. The van der Waals surface area contributed by atoms with Crippen molar-refractivity contribution in [2.75, 3.05) is 6.26 Å². The molecule has 0 saturated carbocycles. The molecular formula is C19H16FNO2S2. The van der Waals surface area contributed by atoms with Gasteiger partial charge < -0.3 is 4.72 Å². The monoisotopic (exact) mass is 373 g/mol. The van der Waals surface area contributed by atoms with Crippen LogP contribution in [0.3, 0.4) is 0 Å². The van der Waals surface area contributed by atoms with Crippen LogP contribution in [-0.2, 0) is 20.9 Å². The Morgan fingerprint density at radius 1 is 0.840 bits per heavy atom. The summed E-state index contributed by atoms with van der Waals surface area (Å²) < 4.78 is 40.8. The number of rotatable bonds is 5. The standard InChI is InChI=1S/C19H16FNO2S2/c1-25(22,23)21-18-14-15(20)12-13-19(18)24(16-8-4-2-5-9-16)17-10-6-3-7-11-17/h2-14H,1H3. The molecule has 0 spiro atoms. The summed E-state index contributed by atoms with van der Waals surface area (Å²) in [5, 5.41) is 0. The first kappa shape index (κ1) is 17.5. The van der Waals surface area contributed by atoms with Crippen molar-refractivity contribution in [2.45, 2.75) is 14.7 Å². The van der Waals surface area contributed by atoms with Crippen molar-refractivity contribution in [2.24, 2.45) is 0 Å². The van der Waals surface area contributed by atoms with E-state index in [1.807, 2.05) is 60.7 Å². The average Bonchev–Trinajstić information content (AvgIpc) is 2.58. The summed E-state index contributed by atoms with van der Waals surface area (Å²) in [6.07, 6.45) is 1.00. The van der Waals surface area contributed by atoms with Gasteiger partial charge in [-0.3, -0.25) is 0 Å². The SMILES string of the molecule is CS(=O)(=O)[N-]c1cc(F)ccc1[S+](c1ccccc1)c1ccccc1. The molecule has 3 aromatic carbocycles. The lowest BCUT2D eigenvalue weighted by molar-refractivity contribution is 0.608. The molecule has 6 heteroatoms. The van der Waals surface area contributed by atoms with Gasteiger partial charge in [0.15, 0.2) is 14.7 Å². The van der Waals surface area contributed by atoms with Crippen LogP contribution in [0.25, 0.3) is 4.72 Å².